The first-order valence-electron chi connectivity index (χ1n) is 7.32. The SMILES string of the molecule is c1ccc2[nH]c(NC3CCC4(CC3)OCCO4)nc2c1. The Morgan fingerprint density at radius 1 is 1.15 bits per heavy atom. The predicted molar refractivity (Wildman–Crippen MR) is 76.6 cm³/mol. The summed E-state index contributed by atoms with van der Waals surface area (Å²) in [5.41, 5.74) is 2.08. The topological polar surface area (TPSA) is 59.2 Å². The Labute approximate surface area is 117 Å². The fraction of sp³-hybridized carbons (Fsp3) is 0.533. The average molecular weight is 273 g/mol. The van der Waals surface area contributed by atoms with Crippen molar-refractivity contribution >= 4 is 17.0 Å². The highest BCUT2D eigenvalue weighted by molar-refractivity contribution is 5.77. The van der Waals surface area contributed by atoms with Crippen molar-refractivity contribution in [2.24, 2.45) is 0 Å². The van der Waals surface area contributed by atoms with Crippen molar-refractivity contribution in [1.29, 1.82) is 0 Å². The van der Waals surface area contributed by atoms with Gasteiger partial charge in [0.25, 0.3) is 0 Å². The Balaban J connectivity index is 1.42. The summed E-state index contributed by atoms with van der Waals surface area (Å²) in [7, 11) is 0. The monoisotopic (exact) mass is 273 g/mol. The fourth-order valence-corrected chi connectivity index (χ4v) is 3.20. The minimum Gasteiger partial charge on any atom is -0.353 e. The molecular formula is C15H19N3O2. The van der Waals surface area contributed by atoms with E-state index in [0.29, 0.717) is 6.04 Å². The number of hydrogen-bond acceptors (Lipinski definition) is 4. The minimum atomic E-state index is -0.286. The minimum absolute atomic E-state index is 0.286. The molecule has 1 saturated heterocycles. The van der Waals surface area contributed by atoms with Crippen LogP contribution in [0.15, 0.2) is 24.3 Å². The van der Waals surface area contributed by atoms with E-state index in [1.165, 1.54) is 0 Å². The lowest BCUT2D eigenvalue weighted by Gasteiger charge is -2.35. The molecule has 0 atom stereocenters. The predicted octanol–water partition coefficient (Wildman–Crippen LogP) is 2.66. The van der Waals surface area contributed by atoms with Crippen LogP contribution in [0.5, 0.6) is 0 Å². The Kier molecular flexibility index (Phi) is 2.89. The standard InChI is InChI=1S/C15H19N3O2/c1-2-4-13-12(3-1)17-14(18-13)16-11-5-7-15(8-6-11)19-9-10-20-15/h1-4,11H,5-10H2,(H2,16,17,18). The van der Waals surface area contributed by atoms with Crippen LogP contribution in [-0.4, -0.2) is 35.0 Å². The molecule has 0 unspecified atom stereocenters. The summed E-state index contributed by atoms with van der Waals surface area (Å²) in [5.74, 6) is 0.576. The third kappa shape index (κ3) is 2.17. The van der Waals surface area contributed by atoms with E-state index in [0.717, 1.165) is 55.9 Å². The number of rotatable bonds is 2. The van der Waals surface area contributed by atoms with Gasteiger partial charge in [-0.3, -0.25) is 0 Å². The van der Waals surface area contributed by atoms with Crippen LogP contribution in [0, 0.1) is 0 Å². The Morgan fingerprint density at radius 2 is 1.90 bits per heavy atom. The zero-order valence-electron chi connectivity index (χ0n) is 11.4. The van der Waals surface area contributed by atoms with Crippen LogP contribution >= 0.6 is 0 Å². The van der Waals surface area contributed by atoms with Crippen molar-refractivity contribution in [2.45, 2.75) is 37.5 Å². The van der Waals surface area contributed by atoms with Gasteiger partial charge in [0.15, 0.2) is 5.79 Å². The molecule has 20 heavy (non-hydrogen) atoms. The Bertz CT molecular complexity index is 561. The average Bonchev–Trinajstić information content (AvgIpc) is 3.08. The maximum absolute atomic E-state index is 5.75. The van der Waals surface area contributed by atoms with Gasteiger partial charge in [0.05, 0.1) is 24.2 Å². The number of ether oxygens (including phenoxy) is 2. The summed E-state index contributed by atoms with van der Waals surface area (Å²) in [6.07, 6.45) is 4.03. The van der Waals surface area contributed by atoms with E-state index < -0.39 is 0 Å². The highest BCUT2D eigenvalue weighted by Gasteiger charge is 2.40. The molecule has 2 N–H and O–H groups in total. The third-order valence-electron chi connectivity index (χ3n) is 4.29. The lowest BCUT2D eigenvalue weighted by molar-refractivity contribution is -0.177. The molecule has 1 saturated carbocycles. The highest BCUT2D eigenvalue weighted by atomic mass is 16.7. The fourth-order valence-electron chi connectivity index (χ4n) is 3.20. The quantitative estimate of drug-likeness (QED) is 0.883. The van der Waals surface area contributed by atoms with E-state index in [1.54, 1.807) is 0 Å². The molecule has 1 aromatic carbocycles. The first-order chi connectivity index (χ1) is 9.83. The lowest BCUT2D eigenvalue weighted by Crippen LogP contribution is -2.39. The van der Waals surface area contributed by atoms with Gasteiger partial charge in [0, 0.05) is 18.9 Å². The van der Waals surface area contributed by atoms with E-state index >= 15 is 0 Å². The summed E-state index contributed by atoms with van der Waals surface area (Å²) in [6.45, 7) is 1.48. The third-order valence-corrected chi connectivity index (χ3v) is 4.29. The van der Waals surface area contributed by atoms with Gasteiger partial charge in [-0.2, -0.15) is 0 Å². The number of benzene rings is 1. The van der Waals surface area contributed by atoms with E-state index in [4.69, 9.17) is 9.47 Å². The number of nitrogens with zero attached hydrogens (tertiary/aromatic N) is 1. The molecule has 5 heteroatoms. The first-order valence-corrected chi connectivity index (χ1v) is 7.32. The maximum atomic E-state index is 5.75. The van der Waals surface area contributed by atoms with E-state index in [-0.39, 0.29) is 5.79 Å². The molecule has 4 rings (SSSR count). The van der Waals surface area contributed by atoms with Crippen molar-refractivity contribution in [1.82, 2.24) is 9.97 Å². The number of imidazole rings is 1. The smallest absolute Gasteiger partial charge is 0.201 e. The van der Waals surface area contributed by atoms with Crippen LogP contribution < -0.4 is 5.32 Å². The number of nitrogens with one attached hydrogen (secondary N) is 2. The number of H-pyrrole nitrogens is 1. The molecule has 1 aromatic heterocycles. The highest BCUT2D eigenvalue weighted by Crippen LogP contribution is 2.36. The maximum Gasteiger partial charge on any atom is 0.201 e. The van der Waals surface area contributed by atoms with E-state index in [2.05, 4.69) is 15.3 Å². The number of fused-ring (bicyclic) bond motifs is 1. The van der Waals surface area contributed by atoms with Gasteiger partial charge < -0.3 is 19.8 Å². The number of hydrogen-bond donors (Lipinski definition) is 2. The summed E-state index contributed by atoms with van der Waals surface area (Å²) in [6, 6.07) is 8.53. The molecule has 2 heterocycles. The van der Waals surface area contributed by atoms with Gasteiger partial charge in [0.2, 0.25) is 5.95 Å². The second-order valence-electron chi connectivity index (χ2n) is 5.63. The molecule has 5 nitrogen and oxygen atoms in total. The first kappa shape index (κ1) is 12.2. The van der Waals surface area contributed by atoms with E-state index in [9.17, 15) is 0 Å². The summed E-state index contributed by atoms with van der Waals surface area (Å²) in [5, 5.41) is 3.50. The number of aromatic nitrogens is 2. The van der Waals surface area contributed by atoms with Crippen LogP contribution in [0.3, 0.4) is 0 Å². The van der Waals surface area contributed by atoms with Crippen LogP contribution in [0.2, 0.25) is 0 Å². The van der Waals surface area contributed by atoms with Crippen molar-refractivity contribution < 1.29 is 9.47 Å². The molecule has 0 radical (unpaired) electrons. The second-order valence-corrected chi connectivity index (χ2v) is 5.63. The lowest BCUT2D eigenvalue weighted by atomic mass is 9.90. The normalized spacial score (nSPS) is 22.6. The van der Waals surface area contributed by atoms with E-state index in [1.807, 2.05) is 24.3 Å². The van der Waals surface area contributed by atoms with Crippen molar-refractivity contribution in [2.75, 3.05) is 18.5 Å². The molecule has 1 aliphatic carbocycles. The molecule has 0 amide bonds. The van der Waals surface area contributed by atoms with Crippen molar-refractivity contribution in [3.8, 4) is 0 Å². The van der Waals surface area contributed by atoms with Crippen molar-refractivity contribution in [3.63, 3.8) is 0 Å². The molecular weight excluding hydrogens is 254 g/mol. The zero-order chi connectivity index (χ0) is 13.4. The second kappa shape index (κ2) is 4.75. The summed E-state index contributed by atoms with van der Waals surface area (Å²) >= 11 is 0. The Morgan fingerprint density at radius 3 is 2.65 bits per heavy atom. The summed E-state index contributed by atoms with van der Waals surface area (Å²) < 4.78 is 11.5. The summed E-state index contributed by atoms with van der Waals surface area (Å²) in [4.78, 5) is 7.89. The zero-order valence-corrected chi connectivity index (χ0v) is 11.4. The van der Waals surface area contributed by atoms with Gasteiger partial charge in [-0.1, -0.05) is 12.1 Å². The van der Waals surface area contributed by atoms with Gasteiger partial charge in [-0.05, 0) is 25.0 Å². The van der Waals surface area contributed by atoms with Gasteiger partial charge >= 0.3 is 0 Å². The molecule has 2 aliphatic rings. The van der Waals surface area contributed by atoms with Crippen LogP contribution in [-0.2, 0) is 9.47 Å². The molecule has 0 bridgehead atoms. The number of aromatic amines is 1. The number of para-hydroxylation sites is 2. The molecule has 2 fully saturated rings. The largest absolute Gasteiger partial charge is 0.353 e. The van der Waals surface area contributed by atoms with Crippen LogP contribution in [0.1, 0.15) is 25.7 Å². The molecule has 106 valence electrons. The van der Waals surface area contributed by atoms with Gasteiger partial charge in [-0.25, -0.2) is 4.98 Å². The van der Waals surface area contributed by atoms with Crippen molar-refractivity contribution in [3.05, 3.63) is 24.3 Å². The van der Waals surface area contributed by atoms with Gasteiger partial charge in [0.1, 0.15) is 0 Å². The molecule has 2 aromatic rings. The Hall–Kier alpha value is -1.59. The molecule has 1 spiro atoms. The molecule has 1 aliphatic heterocycles. The van der Waals surface area contributed by atoms with Gasteiger partial charge in [-0.15, -0.1) is 0 Å². The van der Waals surface area contributed by atoms with Crippen LogP contribution in [0.25, 0.3) is 11.0 Å². The number of anilines is 1. The van der Waals surface area contributed by atoms with Crippen LogP contribution in [0.4, 0.5) is 5.95 Å².